The minimum Gasteiger partial charge on any atom is -0.486 e. The minimum atomic E-state index is -4.52. The molecule has 1 heterocycles. The van der Waals surface area contributed by atoms with Gasteiger partial charge in [0, 0.05) is 19.9 Å². The van der Waals surface area contributed by atoms with Crippen molar-refractivity contribution in [2.45, 2.75) is 58.5 Å². The monoisotopic (exact) mass is 403 g/mol. The molecule has 1 aliphatic heterocycles. The first-order valence-electron chi connectivity index (χ1n) is 8.81. The molecule has 3 atom stereocenters. The van der Waals surface area contributed by atoms with Gasteiger partial charge in [0.1, 0.15) is 11.9 Å². The first-order chi connectivity index (χ1) is 12.8. The van der Waals surface area contributed by atoms with Crippen LogP contribution in [-0.2, 0) is 15.7 Å². The van der Waals surface area contributed by atoms with Gasteiger partial charge in [0.05, 0.1) is 11.6 Å². The Morgan fingerprint density at radius 2 is 1.86 bits per heavy atom. The van der Waals surface area contributed by atoms with Gasteiger partial charge in [-0.25, -0.2) is 4.79 Å². The lowest BCUT2D eigenvalue weighted by molar-refractivity contribution is -0.166. The lowest BCUT2D eigenvalue weighted by atomic mass is 9.78. The highest BCUT2D eigenvalue weighted by Crippen LogP contribution is 2.37. The number of halogens is 3. The number of likely N-dealkylation sites (tertiary alicyclic amines) is 1. The summed E-state index contributed by atoms with van der Waals surface area (Å²) < 4.78 is 50.0. The van der Waals surface area contributed by atoms with Crippen molar-refractivity contribution >= 4 is 12.1 Å². The molecule has 6 nitrogen and oxygen atoms in total. The zero-order valence-corrected chi connectivity index (χ0v) is 16.1. The summed E-state index contributed by atoms with van der Waals surface area (Å²) in [4.78, 5) is 24.5. The molecule has 0 aromatic heterocycles. The van der Waals surface area contributed by atoms with Gasteiger partial charge in [-0.15, -0.1) is 0 Å². The molecule has 0 spiro atoms. The number of rotatable bonds is 3. The summed E-state index contributed by atoms with van der Waals surface area (Å²) in [7, 11) is 0. The van der Waals surface area contributed by atoms with Gasteiger partial charge in [-0.2, -0.15) is 13.2 Å². The van der Waals surface area contributed by atoms with Gasteiger partial charge >= 0.3 is 18.2 Å². The van der Waals surface area contributed by atoms with Crippen LogP contribution >= 0.6 is 0 Å². The second-order valence-electron chi connectivity index (χ2n) is 7.83. The van der Waals surface area contributed by atoms with E-state index in [9.17, 15) is 27.9 Å². The third-order valence-corrected chi connectivity index (χ3v) is 4.55. The maximum atomic E-state index is 13.0. The van der Waals surface area contributed by atoms with E-state index in [1.165, 1.54) is 24.0 Å². The van der Waals surface area contributed by atoms with Crippen molar-refractivity contribution in [3.63, 3.8) is 0 Å². The van der Waals surface area contributed by atoms with Crippen molar-refractivity contribution in [1.82, 2.24) is 4.90 Å². The molecule has 156 valence electrons. The average Bonchev–Trinajstić information content (AvgIpc) is 2.53. The minimum absolute atomic E-state index is 0.0200. The SMILES string of the molecule is CC(=O)OC1C(Oc2cccc(C(F)(F)F)c2)CCN(C(=O)O)C1C(C)(C)C. The maximum absolute atomic E-state index is 13.0. The van der Waals surface area contributed by atoms with Crippen molar-refractivity contribution in [2.24, 2.45) is 5.41 Å². The van der Waals surface area contributed by atoms with Crippen LogP contribution < -0.4 is 4.74 Å². The van der Waals surface area contributed by atoms with Crippen LogP contribution in [0, 0.1) is 5.41 Å². The summed E-state index contributed by atoms with van der Waals surface area (Å²) in [6.45, 7) is 6.71. The fraction of sp³-hybridized carbons (Fsp3) is 0.579. The molecule has 0 bridgehead atoms. The molecule has 1 N–H and O–H groups in total. The molecule has 0 saturated carbocycles. The van der Waals surface area contributed by atoms with Crippen LogP contribution in [0.1, 0.15) is 39.7 Å². The molecule has 0 radical (unpaired) electrons. The van der Waals surface area contributed by atoms with E-state index < -0.39 is 47.5 Å². The van der Waals surface area contributed by atoms with Crippen molar-refractivity contribution in [3.8, 4) is 5.75 Å². The summed E-state index contributed by atoms with van der Waals surface area (Å²) >= 11 is 0. The highest BCUT2D eigenvalue weighted by Gasteiger charge is 2.49. The van der Waals surface area contributed by atoms with Gasteiger partial charge in [-0.05, 0) is 23.6 Å². The van der Waals surface area contributed by atoms with Crippen LogP contribution in [0.3, 0.4) is 0 Å². The van der Waals surface area contributed by atoms with Crippen molar-refractivity contribution in [3.05, 3.63) is 29.8 Å². The number of carbonyl (C=O) groups excluding carboxylic acids is 1. The quantitative estimate of drug-likeness (QED) is 0.766. The Hall–Kier alpha value is -2.45. The topological polar surface area (TPSA) is 76.1 Å². The molecule has 1 aromatic carbocycles. The number of ether oxygens (including phenoxy) is 2. The van der Waals surface area contributed by atoms with Gasteiger partial charge in [0.25, 0.3) is 0 Å². The van der Waals surface area contributed by atoms with Gasteiger partial charge in [-0.1, -0.05) is 26.8 Å². The normalized spacial score (nSPS) is 23.2. The Labute approximate surface area is 161 Å². The Balaban J connectivity index is 2.37. The van der Waals surface area contributed by atoms with Crippen LogP contribution in [0.25, 0.3) is 0 Å². The van der Waals surface area contributed by atoms with E-state index in [0.29, 0.717) is 0 Å². The standard InChI is InChI=1S/C19H24F3NO5/c1-11(24)27-15-14(8-9-23(17(25)26)16(15)18(2,3)4)28-13-7-5-6-12(10-13)19(20,21)22/h5-7,10,14-16H,8-9H2,1-4H3,(H,25,26). The molecule has 1 saturated heterocycles. The Morgan fingerprint density at radius 1 is 1.21 bits per heavy atom. The van der Waals surface area contributed by atoms with E-state index in [1.54, 1.807) is 20.8 Å². The lowest BCUT2D eigenvalue weighted by Crippen LogP contribution is -2.63. The van der Waals surface area contributed by atoms with Crippen molar-refractivity contribution in [2.75, 3.05) is 6.54 Å². The van der Waals surface area contributed by atoms with Crippen LogP contribution in [0.4, 0.5) is 18.0 Å². The predicted octanol–water partition coefficient (Wildman–Crippen LogP) is 4.18. The molecular weight excluding hydrogens is 379 g/mol. The van der Waals surface area contributed by atoms with Crippen LogP contribution in [0.5, 0.6) is 5.75 Å². The van der Waals surface area contributed by atoms with E-state index in [2.05, 4.69) is 0 Å². The van der Waals surface area contributed by atoms with E-state index in [1.807, 2.05) is 0 Å². The first-order valence-corrected chi connectivity index (χ1v) is 8.81. The summed E-state index contributed by atoms with van der Waals surface area (Å²) in [6, 6.07) is 3.70. The number of carbonyl (C=O) groups is 2. The molecule has 1 amide bonds. The third-order valence-electron chi connectivity index (χ3n) is 4.55. The first kappa shape index (κ1) is 21.8. The third kappa shape index (κ3) is 5.08. The van der Waals surface area contributed by atoms with E-state index in [4.69, 9.17) is 9.47 Å². The second-order valence-corrected chi connectivity index (χ2v) is 7.83. The Bertz CT molecular complexity index is 729. The average molecular weight is 403 g/mol. The van der Waals surface area contributed by atoms with Gasteiger partial charge in [0.2, 0.25) is 0 Å². The van der Waals surface area contributed by atoms with Crippen molar-refractivity contribution in [1.29, 1.82) is 0 Å². The van der Waals surface area contributed by atoms with Crippen molar-refractivity contribution < 1.29 is 37.3 Å². The smallest absolute Gasteiger partial charge is 0.416 e. The molecule has 3 unspecified atom stereocenters. The number of esters is 1. The predicted molar refractivity (Wildman–Crippen MR) is 94.0 cm³/mol. The summed E-state index contributed by atoms with van der Waals surface area (Å²) in [5.74, 6) is -0.641. The number of amides is 1. The number of hydrogen-bond acceptors (Lipinski definition) is 4. The highest BCUT2D eigenvalue weighted by molar-refractivity contribution is 5.68. The molecule has 1 fully saturated rings. The zero-order chi connectivity index (χ0) is 21.3. The van der Waals surface area contributed by atoms with Gasteiger partial charge in [0.15, 0.2) is 6.10 Å². The fourth-order valence-corrected chi connectivity index (χ4v) is 3.50. The van der Waals surface area contributed by atoms with Gasteiger partial charge in [-0.3, -0.25) is 4.79 Å². The molecule has 2 rings (SSSR count). The molecule has 1 aliphatic rings. The molecule has 9 heteroatoms. The van der Waals surface area contributed by atoms with Gasteiger partial charge < -0.3 is 19.5 Å². The largest absolute Gasteiger partial charge is 0.486 e. The number of carboxylic acid groups (broad SMARTS) is 1. The van der Waals surface area contributed by atoms with Crippen LogP contribution in [-0.4, -0.2) is 46.9 Å². The maximum Gasteiger partial charge on any atom is 0.416 e. The van der Waals surface area contributed by atoms with Crippen LogP contribution in [0.15, 0.2) is 24.3 Å². The molecule has 1 aromatic rings. The highest BCUT2D eigenvalue weighted by atomic mass is 19.4. The van der Waals surface area contributed by atoms with E-state index in [0.717, 1.165) is 12.1 Å². The molecule has 0 aliphatic carbocycles. The molecule has 28 heavy (non-hydrogen) atoms. The number of alkyl halides is 3. The summed E-state index contributed by atoms with van der Waals surface area (Å²) in [5, 5.41) is 9.55. The molecular formula is C19H24F3NO5. The number of hydrogen-bond donors (Lipinski definition) is 1. The number of benzene rings is 1. The summed E-state index contributed by atoms with van der Waals surface area (Å²) in [6.07, 6.45) is -7.25. The Morgan fingerprint density at radius 3 is 2.36 bits per heavy atom. The Kier molecular flexibility index (Phi) is 6.15. The van der Waals surface area contributed by atoms with Crippen LogP contribution in [0.2, 0.25) is 0 Å². The van der Waals surface area contributed by atoms with E-state index in [-0.39, 0.29) is 18.7 Å². The second kappa shape index (κ2) is 7.89. The zero-order valence-electron chi connectivity index (χ0n) is 16.1. The number of nitrogens with zero attached hydrogens (tertiary/aromatic N) is 1. The lowest BCUT2D eigenvalue weighted by Gasteiger charge is -2.48. The summed E-state index contributed by atoms with van der Waals surface area (Å²) in [5.41, 5.74) is -1.46. The van der Waals surface area contributed by atoms with E-state index >= 15 is 0 Å². The fourth-order valence-electron chi connectivity index (χ4n) is 3.50. The number of piperidine rings is 1.